The van der Waals surface area contributed by atoms with Gasteiger partial charge in [0, 0.05) is 12.7 Å². The quantitative estimate of drug-likeness (QED) is 0.869. The van der Waals surface area contributed by atoms with Gasteiger partial charge in [0.15, 0.2) is 0 Å². The van der Waals surface area contributed by atoms with Gasteiger partial charge < -0.3 is 9.88 Å². The topological polar surface area (TPSA) is 29.9 Å². The molecule has 1 aliphatic heterocycles. The molecule has 1 atom stereocenters. The van der Waals surface area contributed by atoms with Crippen LogP contribution in [0.15, 0.2) is 12.5 Å². The van der Waals surface area contributed by atoms with Crippen molar-refractivity contribution in [1.82, 2.24) is 14.9 Å². The first-order valence-electron chi connectivity index (χ1n) is 7.08. The van der Waals surface area contributed by atoms with Crippen molar-refractivity contribution in [3.8, 4) is 0 Å². The molecule has 0 aromatic carbocycles. The number of rotatable bonds is 4. The molecule has 0 aliphatic carbocycles. The Bertz CT molecular complexity index is 335. The maximum atomic E-state index is 4.64. The summed E-state index contributed by atoms with van der Waals surface area (Å²) in [6.07, 6.45) is 11.8. The Morgan fingerprint density at radius 1 is 1.35 bits per heavy atom. The van der Waals surface area contributed by atoms with Crippen LogP contribution in [0.2, 0.25) is 0 Å². The van der Waals surface area contributed by atoms with Crippen LogP contribution in [0.3, 0.4) is 0 Å². The Balaban J connectivity index is 2.24. The third kappa shape index (κ3) is 2.71. The van der Waals surface area contributed by atoms with E-state index in [0.29, 0.717) is 0 Å². The Kier molecular flexibility index (Phi) is 4.21. The second-order valence-electron chi connectivity index (χ2n) is 5.16. The fourth-order valence-corrected chi connectivity index (χ4v) is 2.91. The molecule has 17 heavy (non-hydrogen) atoms. The normalized spacial score (nSPS) is 25.8. The highest BCUT2D eigenvalue weighted by atomic mass is 15.1. The van der Waals surface area contributed by atoms with Crippen LogP contribution in [-0.4, -0.2) is 16.1 Å². The summed E-state index contributed by atoms with van der Waals surface area (Å²) in [5.41, 5.74) is 1.40. The van der Waals surface area contributed by atoms with Crippen LogP contribution in [0.25, 0.3) is 0 Å². The zero-order valence-corrected chi connectivity index (χ0v) is 11.2. The van der Waals surface area contributed by atoms with Crippen LogP contribution in [-0.2, 0) is 12.1 Å². The molecule has 0 spiro atoms. The van der Waals surface area contributed by atoms with Crippen LogP contribution < -0.4 is 5.32 Å². The average Bonchev–Trinajstić information content (AvgIpc) is 2.71. The van der Waals surface area contributed by atoms with Crippen molar-refractivity contribution in [1.29, 1.82) is 0 Å². The molecule has 1 aliphatic rings. The molecule has 1 N–H and O–H groups in total. The lowest BCUT2D eigenvalue weighted by Gasteiger charge is -2.32. The van der Waals surface area contributed by atoms with Crippen LogP contribution in [0.5, 0.6) is 0 Å². The number of hydrogen-bond acceptors (Lipinski definition) is 2. The molecule has 3 nitrogen and oxygen atoms in total. The van der Waals surface area contributed by atoms with Crippen LogP contribution in [0.4, 0.5) is 0 Å². The fraction of sp³-hybridized carbons (Fsp3) is 0.786. The van der Waals surface area contributed by atoms with Crippen molar-refractivity contribution in [2.45, 2.75) is 64.5 Å². The summed E-state index contributed by atoms with van der Waals surface area (Å²) in [6.45, 7) is 6.58. The van der Waals surface area contributed by atoms with E-state index in [1.807, 2.05) is 6.33 Å². The van der Waals surface area contributed by atoms with Crippen molar-refractivity contribution in [3.05, 3.63) is 18.2 Å². The van der Waals surface area contributed by atoms with E-state index >= 15 is 0 Å². The monoisotopic (exact) mass is 235 g/mol. The lowest BCUT2D eigenvalue weighted by Crippen LogP contribution is -2.42. The zero-order chi connectivity index (χ0) is 12.1. The minimum absolute atomic E-state index is 0.145. The Morgan fingerprint density at radius 2 is 2.24 bits per heavy atom. The van der Waals surface area contributed by atoms with Crippen LogP contribution in [0.1, 0.15) is 58.1 Å². The first-order valence-corrected chi connectivity index (χ1v) is 7.08. The molecule has 1 fully saturated rings. The lowest BCUT2D eigenvalue weighted by molar-refractivity contribution is 0.289. The van der Waals surface area contributed by atoms with Crippen molar-refractivity contribution in [2.75, 3.05) is 6.54 Å². The second-order valence-corrected chi connectivity index (χ2v) is 5.16. The summed E-state index contributed by atoms with van der Waals surface area (Å²) in [5.74, 6) is 0. The van der Waals surface area contributed by atoms with Crippen molar-refractivity contribution < 1.29 is 0 Å². The van der Waals surface area contributed by atoms with E-state index in [0.717, 1.165) is 13.1 Å². The molecule has 0 saturated carbocycles. The third-order valence-corrected chi connectivity index (χ3v) is 3.91. The van der Waals surface area contributed by atoms with E-state index in [-0.39, 0.29) is 5.54 Å². The molecule has 96 valence electrons. The van der Waals surface area contributed by atoms with Gasteiger partial charge in [0.25, 0.3) is 0 Å². The van der Waals surface area contributed by atoms with E-state index in [9.17, 15) is 0 Å². The number of nitrogens with zero attached hydrogens (tertiary/aromatic N) is 2. The predicted molar refractivity (Wildman–Crippen MR) is 71.0 cm³/mol. The maximum absolute atomic E-state index is 4.64. The molecule has 1 unspecified atom stereocenters. The van der Waals surface area contributed by atoms with Gasteiger partial charge in [0.05, 0.1) is 17.6 Å². The molecule has 2 heterocycles. The summed E-state index contributed by atoms with van der Waals surface area (Å²) in [5, 5.41) is 3.77. The highest BCUT2D eigenvalue weighted by Gasteiger charge is 2.33. The average molecular weight is 235 g/mol. The molecular weight excluding hydrogens is 210 g/mol. The van der Waals surface area contributed by atoms with Gasteiger partial charge in [-0.1, -0.05) is 26.2 Å². The highest BCUT2D eigenvalue weighted by Crippen LogP contribution is 2.33. The molecule has 0 radical (unpaired) electrons. The van der Waals surface area contributed by atoms with E-state index in [1.54, 1.807) is 0 Å². The summed E-state index contributed by atoms with van der Waals surface area (Å²) in [7, 11) is 0. The first kappa shape index (κ1) is 12.6. The summed E-state index contributed by atoms with van der Waals surface area (Å²) < 4.78 is 2.18. The Hall–Kier alpha value is -0.830. The van der Waals surface area contributed by atoms with Crippen LogP contribution >= 0.6 is 0 Å². The smallest absolute Gasteiger partial charge is 0.0950 e. The molecule has 1 aromatic rings. The Morgan fingerprint density at radius 3 is 2.94 bits per heavy atom. The van der Waals surface area contributed by atoms with Crippen molar-refractivity contribution in [3.63, 3.8) is 0 Å². The summed E-state index contributed by atoms with van der Waals surface area (Å²) >= 11 is 0. The van der Waals surface area contributed by atoms with Gasteiger partial charge in [0.1, 0.15) is 0 Å². The molecular formula is C14H25N3. The van der Waals surface area contributed by atoms with Gasteiger partial charge in [0.2, 0.25) is 0 Å². The van der Waals surface area contributed by atoms with Gasteiger partial charge in [-0.05, 0) is 32.7 Å². The number of aryl methyl sites for hydroxylation is 1. The largest absolute Gasteiger partial charge is 0.337 e. The number of aromatic nitrogens is 2. The number of hydrogen-bond donors (Lipinski definition) is 1. The molecule has 0 bridgehead atoms. The van der Waals surface area contributed by atoms with Gasteiger partial charge >= 0.3 is 0 Å². The zero-order valence-electron chi connectivity index (χ0n) is 11.2. The van der Waals surface area contributed by atoms with Gasteiger partial charge in [-0.3, -0.25) is 0 Å². The summed E-state index contributed by atoms with van der Waals surface area (Å²) in [6, 6.07) is 0. The number of nitrogens with one attached hydrogen (secondary N) is 1. The second kappa shape index (κ2) is 5.67. The van der Waals surface area contributed by atoms with E-state index in [1.165, 1.54) is 44.2 Å². The molecule has 1 aromatic heterocycles. The van der Waals surface area contributed by atoms with Crippen molar-refractivity contribution >= 4 is 0 Å². The van der Waals surface area contributed by atoms with E-state index < -0.39 is 0 Å². The maximum Gasteiger partial charge on any atom is 0.0950 e. The molecule has 1 saturated heterocycles. The SMILES string of the molecule is CCCC1(c2cn(CC)cn2)CCCCCN1. The molecule has 3 heteroatoms. The highest BCUT2D eigenvalue weighted by molar-refractivity contribution is 5.13. The van der Waals surface area contributed by atoms with E-state index in [2.05, 4.69) is 34.9 Å². The van der Waals surface area contributed by atoms with Crippen LogP contribution in [0, 0.1) is 0 Å². The minimum Gasteiger partial charge on any atom is -0.337 e. The van der Waals surface area contributed by atoms with Gasteiger partial charge in [-0.25, -0.2) is 4.98 Å². The standard InChI is InChI=1S/C14H25N3/c1-3-8-14(9-6-5-7-10-16-14)13-11-17(4-2)12-15-13/h11-12,16H,3-10H2,1-2H3. The number of imidazole rings is 1. The third-order valence-electron chi connectivity index (χ3n) is 3.91. The van der Waals surface area contributed by atoms with Gasteiger partial charge in [-0.15, -0.1) is 0 Å². The minimum atomic E-state index is 0.145. The van der Waals surface area contributed by atoms with Crippen molar-refractivity contribution in [2.24, 2.45) is 0 Å². The fourth-order valence-electron chi connectivity index (χ4n) is 2.91. The first-order chi connectivity index (χ1) is 8.30. The Labute approximate surface area is 105 Å². The summed E-state index contributed by atoms with van der Waals surface area (Å²) in [4.78, 5) is 4.64. The molecule has 0 amide bonds. The van der Waals surface area contributed by atoms with E-state index in [4.69, 9.17) is 0 Å². The molecule has 2 rings (SSSR count). The predicted octanol–water partition coefficient (Wildman–Crippen LogP) is 3.06. The van der Waals surface area contributed by atoms with Gasteiger partial charge in [-0.2, -0.15) is 0 Å². The lowest BCUT2D eigenvalue weighted by atomic mass is 9.86.